The van der Waals surface area contributed by atoms with Crippen LogP contribution >= 0.6 is 0 Å². The van der Waals surface area contributed by atoms with Crippen molar-refractivity contribution in [1.82, 2.24) is 5.32 Å². The van der Waals surface area contributed by atoms with E-state index in [9.17, 15) is 14.0 Å². The van der Waals surface area contributed by atoms with Crippen molar-refractivity contribution in [2.24, 2.45) is 5.92 Å². The van der Waals surface area contributed by atoms with Gasteiger partial charge in [-0.25, -0.2) is 4.39 Å². The highest BCUT2D eigenvalue weighted by molar-refractivity contribution is 5.77. The Morgan fingerprint density at radius 1 is 0.889 bits per heavy atom. The molecule has 0 radical (unpaired) electrons. The zero-order chi connectivity index (χ0) is 20.3. The molecule has 0 rings (SSSR count). The van der Waals surface area contributed by atoms with Gasteiger partial charge in [0.25, 0.3) is 0 Å². The van der Waals surface area contributed by atoms with Gasteiger partial charge in [-0.1, -0.05) is 13.8 Å². The molecule has 8 nitrogen and oxygen atoms in total. The fourth-order valence-electron chi connectivity index (χ4n) is 1.76. The van der Waals surface area contributed by atoms with E-state index in [2.05, 4.69) is 5.32 Å². The minimum absolute atomic E-state index is 0.0574. The Kier molecular flexibility index (Phi) is 17.5. The Hall–Kier alpha value is -1.13. The number of amides is 1. The molecule has 0 aromatic rings. The van der Waals surface area contributed by atoms with Crippen molar-refractivity contribution in [2.45, 2.75) is 33.0 Å². The Labute approximate surface area is 161 Å². The molecule has 1 N–H and O–H groups in total. The van der Waals surface area contributed by atoms with E-state index in [1.807, 2.05) is 0 Å². The average molecular weight is 395 g/mol. The lowest BCUT2D eigenvalue weighted by molar-refractivity contribution is -0.124. The molecule has 0 aromatic carbocycles. The van der Waals surface area contributed by atoms with Crippen molar-refractivity contribution in [1.29, 1.82) is 0 Å². The molecule has 2 atom stereocenters. The van der Waals surface area contributed by atoms with E-state index in [1.165, 1.54) is 0 Å². The topological polar surface area (TPSA) is 92.3 Å². The van der Waals surface area contributed by atoms with Crippen LogP contribution in [0.2, 0.25) is 0 Å². The van der Waals surface area contributed by atoms with Crippen LogP contribution in [0.3, 0.4) is 0 Å². The normalized spacial score (nSPS) is 13.5. The lowest BCUT2D eigenvalue weighted by atomic mass is 10.2. The lowest BCUT2D eigenvalue weighted by Gasteiger charge is -2.18. The Morgan fingerprint density at radius 3 is 1.85 bits per heavy atom. The first-order chi connectivity index (χ1) is 13.0. The van der Waals surface area contributed by atoms with Gasteiger partial charge in [0.2, 0.25) is 5.91 Å². The molecule has 0 saturated carbocycles. The van der Waals surface area contributed by atoms with Gasteiger partial charge in [0, 0.05) is 5.92 Å². The molecule has 0 heterocycles. The van der Waals surface area contributed by atoms with Crippen LogP contribution in [-0.4, -0.2) is 90.5 Å². The van der Waals surface area contributed by atoms with E-state index in [-0.39, 0.29) is 31.6 Å². The summed E-state index contributed by atoms with van der Waals surface area (Å²) in [6, 6.07) is 0. The zero-order valence-electron chi connectivity index (χ0n) is 16.6. The van der Waals surface area contributed by atoms with Gasteiger partial charge in [-0.3, -0.25) is 4.79 Å². The van der Waals surface area contributed by atoms with E-state index < -0.39 is 12.3 Å². The monoisotopic (exact) mass is 395 g/mol. The molecule has 0 aliphatic carbocycles. The number of hydrogen-bond donors (Lipinski definition) is 1. The number of alkyl halides is 1. The fourth-order valence-corrected chi connectivity index (χ4v) is 1.76. The highest BCUT2D eigenvalue weighted by atomic mass is 19.1. The first-order valence-electron chi connectivity index (χ1n) is 9.27. The summed E-state index contributed by atoms with van der Waals surface area (Å²) in [7, 11) is 0. The SMILES string of the molecule is CC(C)C(=O)NCC(F)C(C)OCCOCCOCCOCCOCC=O. The van der Waals surface area contributed by atoms with Crippen LogP contribution in [0, 0.1) is 5.92 Å². The largest absolute Gasteiger partial charge is 0.377 e. The van der Waals surface area contributed by atoms with Crippen LogP contribution < -0.4 is 5.32 Å². The lowest BCUT2D eigenvalue weighted by Crippen LogP contribution is -2.38. The number of ether oxygens (including phenoxy) is 5. The molecule has 0 aliphatic rings. The third kappa shape index (κ3) is 16.7. The average Bonchev–Trinajstić information content (AvgIpc) is 2.65. The molecule has 9 heteroatoms. The number of halogens is 1. The summed E-state index contributed by atoms with van der Waals surface area (Å²) < 4.78 is 40.0. The second-order valence-corrected chi connectivity index (χ2v) is 6.07. The Balaban J connectivity index is 3.36. The third-order valence-corrected chi connectivity index (χ3v) is 3.42. The molecule has 0 saturated heterocycles. The number of carbonyl (C=O) groups excluding carboxylic acids is 2. The van der Waals surface area contributed by atoms with E-state index in [1.54, 1.807) is 20.8 Å². The first-order valence-corrected chi connectivity index (χ1v) is 9.27. The van der Waals surface area contributed by atoms with Gasteiger partial charge in [-0.05, 0) is 6.92 Å². The predicted molar refractivity (Wildman–Crippen MR) is 97.5 cm³/mol. The van der Waals surface area contributed by atoms with Crippen molar-refractivity contribution in [3.05, 3.63) is 0 Å². The van der Waals surface area contributed by atoms with Crippen molar-refractivity contribution in [3.63, 3.8) is 0 Å². The van der Waals surface area contributed by atoms with Gasteiger partial charge >= 0.3 is 0 Å². The summed E-state index contributed by atoms with van der Waals surface area (Å²) in [5.74, 6) is -0.345. The molecule has 160 valence electrons. The molecule has 27 heavy (non-hydrogen) atoms. The standard InChI is InChI=1S/C18H34FNO7/c1-15(2)18(22)20-14-17(19)16(3)27-13-12-26-11-10-25-9-8-24-7-6-23-5-4-21/h4,15-17H,5-14H2,1-3H3,(H,20,22). The molecule has 0 aliphatic heterocycles. The number of carbonyl (C=O) groups is 2. The summed E-state index contributed by atoms with van der Waals surface area (Å²) in [5.41, 5.74) is 0. The molecule has 0 aromatic heterocycles. The van der Waals surface area contributed by atoms with Crippen molar-refractivity contribution >= 4 is 12.2 Å². The van der Waals surface area contributed by atoms with Crippen LogP contribution in [0.15, 0.2) is 0 Å². The minimum atomic E-state index is -1.26. The quantitative estimate of drug-likeness (QED) is 0.255. The molecular weight excluding hydrogens is 361 g/mol. The van der Waals surface area contributed by atoms with Gasteiger partial charge in [-0.2, -0.15) is 0 Å². The summed E-state index contributed by atoms with van der Waals surface area (Å²) in [6.45, 7) is 8.27. The van der Waals surface area contributed by atoms with Gasteiger partial charge < -0.3 is 33.8 Å². The number of hydrogen-bond acceptors (Lipinski definition) is 7. The van der Waals surface area contributed by atoms with Gasteiger partial charge in [0.15, 0.2) is 0 Å². The molecule has 1 amide bonds. The Bertz CT molecular complexity index is 372. The van der Waals surface area contributed by atoms with Crippen LogP contribution in [-0.2, 0) is 33.3 Å². The second kappa shape index (κ2) is 18.2. The zero-order valence-corrected chi connectivity index (χ0v) is 16.6. The van der Waals surface area contributed by atoms with E-state index in [0.29, 0.717) is 52.5 Å². The fraction of sp³-hybridized carbons (Fsp3) is 0.889. The Morgan fingerprint density at radius 2 is 1.37 bits per heavy atom. The minimum Gasteiger partial charge on any atom is -0.377 e. The molecule has 2 unspecified atom stereocenters. The number of rotatable bonds is 19. The van der Waals surface area contributed by atoms with Crippen molar-refractivity contribution < 1.29 is 37.7 Å². The van der Waals surface area contributed by atoms with Crippen LogP contribution in [0.25, 0.3) is 0 Å². The molecule has 0 fully saturated rings. The van der Waals surface area contributed by atoms with Crippen LogP contribution in [0.4, 0.5) is 4.39 Å². The predicted octanol–water partition coefficient (Wildman–Crippen LogP) is 0.767. The van der Waals surface area contributed by atoms with E-state index >= 15 is 0 Å². The second-order valence-electron chi connectivity index (χ2n) is 6.07. The highest BCUT2D eigenvalue weighted by Crippen LogP contribution is 2.03. The van der Waals surface area contributed by atoms with Gasteiger partial charge in [0.05, 0.1) is 65.5 Å². The summed E-state index contributed by atoms with van der Waals surface area (Å²) in [5, 5.41) is 2.54. The van der Waals surface area contributed by atoms with E-state index in [0.717, 1.165) is 0 Å². The number of aldehydes is 1. The molecule has 0 bridgehead atoms. The molecular formula is C18H34FNO7. The van der Waals surface area contributed by atoms with Gasteiger partial charge in [0.1, 0.15) is 19.1 Å². The number of nitrogens with one attached hydrogen (secondary N) is 1. The summed E-state index contributed by atoms with van der Waals surface area (Å²) in [6.07, 6.45) is -1.19. The summed E-state index contributed by atoms with van der Waals surface area (Å²) >= 11 is 0. The summed E-state index contributed by atoms with van der Waals surface area (Å²) in [4.78, 5) is 21.4. The van der Waals surface area contributed by atoms with Crippen molar-refractivity contribution in [2.75, 3.05) is 66.0 Å². The molecule has 0 spiro atoms. The van der Waals surface area contributed by atoms with Crippen LogP contribution in [0.1, 0.15) is 20.8 Å². The maximum atomic E-state index is 13.8. The first kappa shape index (κ1) is 25.9. The van der Waals surface area contributed by atoms with Gasteiger partial charge in [-0.15, -0.1) is 0 Å². The van der Waals surface area contributed by atoms with E-state index in [4.69, 9.17) is 23.7 Å². The smallest absolute Gasteiger partial charge is 0.222 e. The third-order valence-electron chi connectivity index (χ3n) is 3.42. The van der Waals surface area contributed by atoms with Crippen LogP contribution in [0.5, 0.6) is 0 Å². The highest BCUT2D eigenvalue weighted by Gasteiger charge is 2.18. The van der Waals surface area contributed by atoms with Crippen molar-refractivity contribution in [3.8, 4) is 0 Å². The maximum absolute atomic E-state index is 13.8. The maximum Gasteiger partial charge on any atom is 0.222 e.